The van der Waals surface area contributed by atoms with Crippen LogP contribution in [0.2, 0.25) is 0 Å². The molecule has 0 amide bonds. The average Bonchev–Trinajstić information content (AvgIpc) is 2.82. The third-order valence-corrected chi connectivity index (χ3v) is 4.93. The van der Waals surface area contributed by atoms with Gasteiger partial charge in [0, 0.05) is 18.8 Å². The maximum atomic E-state index is 13.1. The maximum Gasteiger partial charge on any atom is 0.282 e. The molecular formula is C24H22N4O3. The van der Waals surface area contributed by atoms with E-state index in [4.69, 9.17) is 14.5 Å². The van der Waals surface area contributed by atoms with E-state index < -0.39 is 0 Å². The highest BCUT2D eigenvalue weighted by molar-refractivity contribution is 5.80. The first-order valence-electron chi connectivity index (χ1n) is 9.85. The summed E-state index contributed by atoms with van der Waals surface area (Å²) in [5.41, 5.74) is 2.36. The van der Waals surface area contributed by atoms with Crippen molar-refractivity contribution < 1.29 is 9.47 Å². The molecule has 0 N–H and O–H groups in total. The lowest BCUT2D eigenvalue weighted by Crippen LogP contribution is -2.23. The molecule has 0 aliphatic carbocycles. The second-order valence-electron chi connectivity index (χ2n) is 6.88. The quantitative estimate of drug-likeness (QED) is 0.433. The molecule has 0 saturated carbocycles. The van der Waals surface area contributed by atoms with E-state index in [2.05, 4.69) is 10.1 Å². The molecule has 2 aromatic carbocycles. The lowest BCUT2D eigenvalue weighted by molar-refractivity contribution is 0.354. The lowest BCUT2D eigenvalue weighted by atomic mass is 10.1. The molecule has 0 spiro atoms. The molecule has 0 fully saturated rings. The maximum absolute atomic E-state index is 13.1. The number of benzene rings is 2. The first-order chi connectivity index (χ1) is 15.2. The van der Waals surface area contributed by atoms with Crippen LogP contribution in [0, 0.1) is 0 Å². The highest BCUT2D eigenvalue weighted by Crippen LogP contribution is 2.28. The highest BCUT2D eigenvalue weighted by Gasteiger charge is 2.12. The van der Waals surface area contributed by atoms with E-state index in [1.165, 1.54) is 4.68 Å². The Bertz CT molecular complexity index is 1280. The molecule has 0 saturated heterocycles. The molecule has 4 rings (SSSR count). The molecule has 7 heteroatoms. The van der Waals surface area contributed by atoms with Gasteiger partial charge in [0.1, 0.15) is 5.82 Å². The lowest BCUT2D eigenvalue weighted by Gasteiger charge is -2.11. The van der Waals surface area contributed by atoms with Gasteiger partial charge < -0.3 is 9.47 Å². The van der Waals surface area contributed by atoms with Crippen molar-refractivity contribution >= 4 is 17.1 Å². The van der Waals surface area contributed by atoms with Crippen LogP contribution in [-0.4, -0.2) is 35.1 Å². The number of fused-ring (bicyclic) bond motifs is 1. The molecule has 0 aliphatic heterocycles. The van der Waals surface area contributed by atoms with Gasteiger partial charge in [-0.15, -0.1) is 0 Å². The van der Waals surface area contributed by atoms with E-state index in [0.29, 0.717) is 41.1 Å². The first-order valence-corrected chi connectivity index (χ1v) is 9.85. The van der Waals surface area contributed by atoms with Crippen molar-refractivity contribution in [2.24, 2.45) is 5.10 Å². The predicted octanol–water partition coefficient (Wildman–Crippen LogP) is 3.48. The van der Waals surface area contributed by atoms with Gasteiger partial charge >= 0.3 is 0 Å². The summed E-state index contributed by atoms with van der Waals surface area (Å²) in [6.07, 6.45) is 6.19. The van der Waals surface area contributed by atoms with Gasteiger partial charge in [0.15, 0.2) is 11.5 Å². The molecule has 0 unspecified atom stereocenters. The summed E-state index contributed by atoms with van der Waals surface area (Å²) in [5, 5.41) is 4.98. The van der Waals surface area contributed by atoms with E-state index in [0.717, 1.165) is 11.1 Å². The van der Waals surface area contributed by atoms with Gasteiger partial charge in [0.25, 0.3) is 5.56 Å². The van der Waals surface area contributed by atoms with Crippen LogP contribution in [0.4, 0.5) is 0 Å². The van der Waals surface area contributed by atoms with Gasteiger partial charge in [-0.1, -0.05) is 18.2 Å². The minimum absolute atomic E-state index is 0.196. The number of para-hydroxylation sites is 1. The number of methoxy groups -OCH3 is 2. The topological polar surface area (TPSA) is 78.6 Å². The fraction of sp³-hybridized carbons (Fsp3) is 0.167. The van der Waals surface area contributed by atoms with Crippen LogP contribution >= 0.6 is 0 Å². The largest absolute Gasteiger partial charge is 0.493 e. The molecule has 7 nitrogen and oxygen atoms in total. The fourth-order valence-corrected chi connectivity index (χ4v) is 3.32. The summed E-state index contributed by atoms with van der Waals surface area (Å²) >= 11 is 0. The smallest absolute Gasteiger partial charge is 0.282 e. The van der Waals surface area contributed by atoms with Gasteiger partial charge in [0.2, 0.25) is 0 Å². The van der Waals surface area contributed by atoms with Crippen LogP contribution in [0.1, 0.15) is 17.0 Å². The molecule has 2 heterocycles. The standard InChI is InChI=1S/C24H22N4O3/c1-30-21-9-7-17(15-22(21)31-2)8-10-23-27-20-6-4-3-5-19(20)24(29)28(23)26-16-18-11-13-25-14-12-18/h3-7,9,11-16H,8,10H2,1-2H3/b26-16+. The Morgan fingerprint density at radius 2 is 1.74 bits per heavy atom. The van der Waals surface area contributed by atoms with Crippen LogP contribution in [0.15, 0.2) is 76.9 Å². The van der Waals surface area contributed by atoms with Gasteiger partial charge in [-0.2, -0.15) is 9.78 Å². The van der Waals surface area contributed by atoms with Crippen molar-refractivity contribution in [1.29, 1.82) is 0 Å². The second-order valence-corrected chi connectivity index (χ2v) is 6.88. The second kappa shape index (κ2) is 9.21. The minimum Gasteiger partial charge on any atom is -0.493 e. The van der Waals surface area contributed by atoms with Crippen molar-refractivity contribution in [2.45, 2.75) is 12.8 Å². The molecule has 0 bridgehead atoms. The summed E-state index contributed by atoms with van der Waals surface area (Å²) in [6.45, 7) is 0. The highest BCUT2D eigenvalue weighted by atomic mass is 16.5. The molecule has 4 aromatic rings. The normalized spacial score (nSPS) is 11.2. The number of hydrogen-bond acceptors (Lipinski definition) is 6. The van der Waals surface area contributed by atoms with Crippen LogP contribution in [0.3, 0.4) is 0 Å². The van der Waals surface area contributed by atoms with E-state index in [1.807, 2.05) is 48.5 Å². The van der Waals surface area contributed by atoms with Gasteiger partial charge in [-0.25, -0.2) is 4.98 Å². The molecule has 0 aliphatic rings. The Balaban J connectivity index is 1.70. The summed E-state index contributed by atoms with van der Waals surface area (Å²) in [4.78, 5) is 21.9. The van der Waals surface area contributed by atoms with Crippen molar-refractivity contribution in [3.63, 3.8) is 0 Å². The molecule has 0 atom stereocenters. The van der Waals surface area contributed by atoms with Crippen LogP contribution in [0.5, 0.6) is 11.5 Å². The summed E-state index contributed by atoms with van der Waals surface area (Å²) in [6, 6.07) is 16.7. The molecular weight excluding hydrogens is 392 g/mol. The van der Waals surface area contributed by atoms with Crippen molar-refractivity contribution in [2.75, 3.05) is 14.2 Å². The minimum atomic E-state index is -0.196. The molecule has 2 aromatic heterocycles. The monoisotopic (exact) mass is 414 g/mol. The number of nitrogens with zero attached hydrogens (tertiary/aromatic N) is 4. The van der Waals surface area contributed by atoms with Gasteiger partial charge in [0.05, 0.1) is 31.3 Å². The van der Waals surface area contributed by atoms with E-state index in [-0.39, 0.29) is 5.56 Å². The summed E-state index contributed by atoms with van der Waals surface area (Å²) in [7, 11) is 3.22. The Morgan fingerprint density at radius 1 is 0.968 bits per heavy atom. The summed E-state index contributed by atoms with van der Waals surface area (Å²) in [5.74, 6) is 1.93. The zero-order valence-electron chi connectivity index (χ0n) is 17.4. The fourth-order valence-electron chi connectivity index (χ4n) is 3.32. The Kier molecular flexibility index (Phi) is 6.03. The van der Waals surface area contributed by atoms with E-state index in [9.17, 15) is 4.79 Å². The molecule has 156 valence electrons. The van der Waals surface area contributed by atoms with Crippen molar-refractivity contribution in [3.8, 4) is 11.5 Å². The number of ether oxygens (including phenoxy) is 2. The van der Waals surface area contributed by atoms with Gasteiger partial charge in [-0.3, -0.25) is 9.78 Å². The zero-order chi connectivity index (χ0) is 21.6. The third kappa shape index (κ3) is 4.45. The zero-order valence-corrected chi connectivity index (χ0v) is 17.4. The van der Waals surface area contributed by atoms with Crippen molar-refractivity contribution in [3.05, 3.63) is 94.3 Å². The van der Waals surface area contributed by atoms with Gasteiger partial charge in [-0.05, 0) is 53.9 Å². The van der Waals surface area contributed by atoms with Crippen LogP contribution in [0.25, 0.3) is 10.9 Å². The van der Waals surface area contributed by atoms with Crippen LogP contribution in [-0.2, 0) is 12.8 Å². The third-order valence-electron chi connectivity index (χ3n) is 4.93. The Labute approximate surface area is 179 Å². The molecule has 31 heavy (non-hydrogen) atoms. The number of aromatic nitrogens is 3. The average molecular weight is 414 g/mol. The first kappa shape index (κ1) is 20.3. The van der Waals surface area contributed by atoms with Crippen LogP contribution < -0.4 is 15.0 Å². The number of hydrogen-bond donors (Lipinski definition) is 0. The predicted molar refractivity (Wildman–Crippen MR) is 120 cm³/mol. The Hall–Kier alpha value is -4.00. The summed E-state index contributed by atoms with van der Waals surface area (Å²) < 4.78 is 12.1. The van der Waals surface area contributed by atoms with Crippen molar-refractivity contribution in [1.82, 2.24) is 14.6 Å². The number of aryl methyl sites for hydroxylation is 2. The SMILES string of the molecule is COc1ccc(CCc2nc3ccccc3c(=O)n2/N=C/c2ccncc2)cc1OC. The Morgan fingerprint density at radius 3 is 2.52 bits per heavy atom. The van der Waals surface area contributed by atoms with E-state index in [1.54, 1.807) is 38.9 Å². The number of rotatable bonds is 7. The molecule has 0 radical (unpaired) electrons. The van der Waals surface area contributed by atoms with E-state index >= 15 is 0 Å². The number of pyridine rings is 1.